The van der Waals surface area contributed by atoms with E-state index in [1.54, 1.807) is 11.3 Å². The summed E-state index contributed by atoms with van der Waals surface area (Å²) in [7, 11) is -1.34. The van der Waals surface area contributed by atoms with Gasteiger partial charge >= 0.3 is 0 Å². The number of rotatable bonds is 9. The van der Waals surface area contributed by atoms with Crippen LogP contribution in [0.5, 0.6) is 0 Å². The molecule has 0 saturated carbocycles. The Morgan fingerprint density at radius 2 is 1.39 bits per heavy atom. The summed E-state index contributed by atoms with van der Waals surface area (Å²) in [6.07, 6.45) is 3.24. The number of fused-ring (bicyclic) bond motifs is 2. The van der Waals surface area contributed by atoms with Crippen molar-refractivity contribution in [2.45, 2.75) is 106 Å². The zero-order valence-corrected chi connectivity index (χ0v) is 42.3. The van der Waals surface area contributed by atoms with E-state index >= 15 is 0 Å². The van der Waals surface area contributed by atoms with Crippen molar-refractivity contribution in [2.24, 2.45) is 5.92 Å². The predicted octanol–water partition coefficient (Wildman–Crippen LogP) is 15.2. The van der Waals surface area contributed by atoms with Crippen LogP contribution in [0.25, 0.3) is 60.6 Å². The Bertz CT molecular complexity index is 2700. The molecular formula is C55H61IrN3SSi-2. The second-order valence-electron chi connectivity index (χ2n) is 19.3. The quantitative estimate of drug-likeness (QED) is 0.107. The summed E-state index contributed by atoms with van der Waals surface area (Å²) in [5.41, 5.74) is 14.7. The van der Waals surface area contributed by atoms with Crippen LogP contribution in [0.4, 0.5) is 0 Å². The topological polar surface area (TPSA) is 30.7 Å². The Kier molecular flexibility index (Phi) is 14.3. The monoisotopic (exact) mass is 1020 g/mol. The molecule has 8 aromatic rings. The Hall–Kier alpha value is -4.45. The fourth-order valence-corrected chi connectivity index (χ4v) is 10.5. The molecule has 8 rings (SSSR count). The number of hydrogen-bond acceptors (Lipinski definition) is 3. The molecule has 0 aliphatic rings. The van der Waals surface area contributed by atoms with Crippen molar-refractivity contribution in [1.29, 1.82) is 0 Å². The van der Waals surface area contributed by atoms with Crippen LogP contribution in [0.2, 0.25) is 19.6 Å². The van der Waals surface area contributed by atoms with Crippen molar-refractivity contribution < 1.29 is 20.1 Å². The summed E-state index contributed by atoms with van der Waals surface area (Å²) in [6, 6.07) is 44.6. The van der Waals surface area contributed by atoms with Crippen LogP contribution in [0.3, 0.4) is 0 Å². The van der Waals surface area contributed by atoms with Crippen LogP contribution >= 0.6 is 11.3 Å². The molecule has 3 aromatic heterocycles. The predicted molar refractivity (Wildman–Crippen MR) is 263 cm³/mol. The van der Waals surface area contributed by atoms with Gasteiger partial charge in [-0.15, -0.1) is 47.3 Å². The van der Waals surface area contributed by atoms with Gasteiger partial charge in [-0.3, -0.25) is 16.3 Å². The molecule has 0 fully saturated rings. The van der Waals surface area contributed by atoms with Gasteiger partial charge < -0.3 is 9.55 Å². The third kappa shape index (κ3) is 10.1. The number of nitrogens with zero attached hydrogens (tertiary/aromatic N) is 3. The molecule has 0 bridgehead atoms. The number of benzene rings is 5. The van der Waals surface area contributed by atoms with Crippen LogP contribution in [-0.2, 0) is 31.9 Å². The standard InChI is InChI=1S/C37H37N2S.C18H24NSi.Ir/c1-23(2)28-19-26(25-13-9-8-10-14-25)20-29(24(3)4)35(28)39-33-16-12-11-15-32(33)38-36(39)31-22-40-34-18-17-27(21-30(31)34)37(5,6)7;1-14(2)11-16-12-17(15-9-7-6-8-10-15)19-13-18(16)20(3,4)5;/h8-21,23-24H,1-7H3;6-9,12-14H,11H2,1-5H3;/q2*-1;. The van der Waals surface area contributed by atoms with Crippen LogP contribution < -0.4 is 5.19 Å². The maximum Gasteiger partial charge on any atom is 0.0798 e. The van der Waals surface area contributed by atoms with E-state index in [1.165, 1.54) is 54.3 Å². The van der Waals surface area contributed by atoms with Gasteiger partial charge in [-0.2, -0.15) is 0 Å². The SMILES string of the molecule is CC(C)Cc1cc(-c2[c-]cccc2)ncc1[Si](C)(C)C.CC(C)c1cc(-c2ccccc2)cc(C(C)C)c1-n1c(-c2[c-]sc3ccc(C(C)(C)C)cc23)nc2ccccc21.[Ir]. The molecule has 0 aliphatic heterocycles. The minimum Gasteiger partial charge on any atom is -0.333 e. The van der Waals surface area contributed by atoms with Crippen LogP contribution in [0.1, 0.15) is 96.4 Å². The van der Waals surface area contributed by atoms with E-state index < -0.39 is 8.07 Å². The van der Waals surface area contributed by atoms with Gasteiger partial charge in [-0.05, 0) is 87.0 Å². The maximum absolute atomic E-state index is 5.29. The molecule has 317 valence electrons. The summed E-state index contributed by atoms with van der Waals surface area (Å²) in [4.78, 5) is 9.98. The Balaban J connectivity index is 0.000000250. The maximum atomic E-state index is 5.29. The molecule has 61 heavy (non-hydrogen) atoms. The minimum atomic E-state index is -1.34. The van der Waals surface area contributed by atoms with Crippen LogP contribution in [-0.4, -0.2) is 22.6 Å². The largest absolute Gasteiger partial charge is 0.333 e. The smallest absolute Gasteiger partial charge is 0.0798 e. The number of para-hydroxylation sites is 2. The van der Waals surface area contributed by atoms with E-state index in [1.807, 2.05) is 18.2 Å². The van der Waals surface area contributed by atoms with Gasteiger partial charge in [0, 0.05) is 32.0 Å². The van der Waals surface area contributed by atoms with E-state index in [0.29, 0.717) is 17.8 Å². The first kappa shape index (κ1) is 46.1. The van der Waals surface area contributed by atoms with Crippen LogP contribution in [0.15, 0.2) is 121 Å². The van der Waals surface area contributed by atoms with Crippen molar-refractivity contribution in [1.82, 2.24) is 14.5 Å². The first-order valence-electron chi connectivity index (χ1n) is 21.6. The molecule has 6 heteroatoms. The fourth-order valence-electron chi connectivity index (χ4n) is 8.12. The van der Waals surface area contributed by atoms with Crippen LogP contribution in [0, 0.1) is 17.4 Å². The average Bonchev–Trinajstić information content (AvgIpc) is 3.81. The molecule has 0 aliphatic carbocycles. The molecular weight excluding hydrogens is 955 g/mol. The van der Waals surface area contributed by atoms with Crippen molar-refractivity contribution in [2.75, 3.05) is 0 Å². The van der Waals surface area contributed by atoms with Crippen molar-refractivity contribution >= 4 is 45.7 Å². The summed E-state index contributed by atoms with van der Waals surface area (Å²) in [5, 5.41) is 6.39. The second-order valence-corrected chi connectivity index (χ2v) is 25.2. The second kappa shape index (κ2) is 18.9. The molecule has 0 N–H and O–H groups in total. The number of pyridine rings is 1. The molecule has 0 unspecified atom stereocenters. The van der Waals surface area contributed by atoms with E-state index in [9.17, 15) is 0 Å². The fraction of sp³-hybridized carbons (Fsp3) is 0.309. The Labute approximate surface area is 384 Å². The van der Waals surface area contributed by atoms with E-state index in [4.69, 9.17) is 4.98 Å². The van der Waals surface area contributed by atoms with Gasteiger partial charge in [0.15, 0.2) is 0 Å². The van der Waals surface area contributed by atoms with Gasteiger partial charge in [0.2, 0.25) is 0 Å². The summed E-state index contributed by atoms with van der Waals surface area (Å²) < 4.78 is 3.67. The van der Waals surface area contributed by atoms with Gasteiger partial charge in [-0.25, -0.2) is 0 Å². The summed E-state index contributed by atoms with van der Waals surface area (Å²) >= 11 is 1.68. The van der Waals surface area contributed by atoms with E-state index in [-0.39, 0.29) is 25.5 Å². The Morgan fingerprint density at radius 1 is 0.738 bits per heavy atom. The number of thiophene rings is 1. The van der Waals surface area contributed by atoms with Crippen molar-refractivity contribution in [3.63, 3.8) is 0 Å². The van der Waals surface area contributed by atoms with Crippen molar-refractivity contribution in [3.05, 3.63) is 155 Å². The molecule has 0 spiro atoms. The first-order chi connectivity index (χ1) is 28.5. The number of aromatic nitrogens is 3. The molecule has 0 atom stereocenters. The number of hydrogen-bond donors (Lipinski definition) is 0. The summed E-state index contributed by atoms with van der Waals surface area (Å²) in [6.45, 7) is 27.8. The zero-order chi connectivity index (χ0) is 42.9. The molecule has 3 heterocycles. The van der Waals surface area contributed by atoms with Gasteiger partial charge in [0.25, 0.3) is 0 Å². The molecule has 1 radical (unpaired) electrons. The third-order valence-corrected chi connectivity index (χ3v) is 14.3. The normalized spacial score (nSPS) is 12.0. The Morgan fingerprint density at radius 3 is 2.00 bits per heavy atom. The summed E-state index contributed by atoms with van der Waals surface area (Å²) in [5.74, 6) is 2.30. The van der Waals surface area contributed by atoms with Gasteiger partial charge in [-0.1, -0.05) is 169 Å². The van der Waals surface area contributed by atoms with Crippen molar-refractivity contribution in [3.8, 4) is 39.5 Å². The van der Waals surface area contributed by atoms with Gasteiger partial charge in [0.05, 0.1) is 24.9 Å². The average molecular weight is 1020 g/mol. The number of imidazole rings is 1. The molecule has 0 saturated heterocycles. The van der Waals surface area contributed by atoms with Gasteiger partial charge in [0.1, 0.15) is 0 Å². The van der Waals surface area contributed by atoms with E-state index in [2.05, 4.69) is 206 Å². The minimum absolute atomic E-state index is 0. The first-order valence-corrected chi connectivity index (χ1v) is 26.0. The molecule has 3 nitrogen and oxygen atoms in total. The van der Waals surface area contributed by atoms with E-state index in [0.717, 1.165) is 40.1 Å². The molecule has 5 aromatic carbocycles. The zero-order valence-electron chi connectivity index (χ0n) is 38.1. The third-order valence-electron chi connectivity index (χ3n) is 11.3. The molecule has 0 amide bonds.